The lowest BCUT2D eigenvalue weighted by Gasteiger charge is -2.05. The standard InChI is InChI=1S/C17H17ClN4O3S/c1-2-25-14(23)7-4-8-26-17-20-15-13(16(24)21-17)10-19-22(15)12-6-3-5-11(18)9-12/h3,5-6,9-10H,2,4,7-8H2,1H3,(H,20,21,24). The molecule has 7 nitrogen and oxygen atoms in total. The Balaban J connectivity index is 1.79. The fraction of sp³-hybridized carbons (Fsp3) is 0.294. The van der Waals surface area contributed by atoms with Crippen LogP contribution in [0.15, 0.2) is 40.4 Å². The molecular formula is C17H17ClN4O3S. The number of nitrogens with zero attached hydrogens (tertiary/aromatic N) is 3. The highest BCUT2D eigenvalue weighted by atomic mass is 35.5. The number of aromatic nitrogens is 4. The average Bonchev–Trinajstić information content (AvgIpc) is 3.03. The van der Waals surface area contributed by atoms with Gasteiger partial charge in [-0.2, -0.15) is 5.10 Å². The van der Waals surface area contributed by atoms with E-state index in [0.717, 1.165) is 5.69 Å². The van der Waals surface area contributed by atoms with Crippen molar-refractivity contribution in [1.82, 2.24) is 19.7 Å². The lowest BCUT2D eigenvalue weighted by molar-refractivity contribution is -0.143. The maximum atomic E-state index is 12.3. The second kappa shape index (κ2) is 8.37. The number of aromatic amines is 1. The Morgan fingerprint density at radius 2 is 2.27 bits per heavy atom. The summed E-state index contributed by atoms with van der Waals surface area (Å²) in [5.74, 6) is 0.419. The Morgan fingerprint density at radius 3 is 3.04 bits per heavy atom. The van der Waals surface area contributed by atoms with E-state index in [0.29, 0.717) is 46.4 Å². The molecule has 2 heterocycles. The molecule has 0 saturated carbocycles. The molecule has 2 aromatic heterocycles. The number of fused-ring (bicyclic) bond motifs is 1. The van der Waals surface area contributed by atoms with E-state index in [1.54, 1.807) is 23.7 Å². The van der Waals surface area contributed by atoms with Gasteiger partial charge in [0.25, 0.3) is 5.56 Å². The average molecular weight is 393 g/mol. The van der Waals surface area contributed by atoms with Gasteiger partial charge in [0.2, 0.25) is 0 Å². The third kappa shape index (κ3) is 4.25. The SMILES string of the molecule is CCOC(=O)CCCSc1nc2c(cnn2-c2cccc(Cl)c2)c(=O)[nH]1. The van der Waals surface area contributed by atoms with Gasteiger partial charge in [0.1, 0.15) is 5.39 Å². The van der Waals surface area contributed by atoms with Crippen LogP contribution in [0.1, 0.15) is 19.8 Å². The summed E-state index contributed by atoms with van der Waals surface area (Å²) in [4.78, 5) is 30.9. The summed E-state index contributed by atoms with van der Waals surface area (Å²) in [6.07, 6.45) is 2.46. The van der Waals surface area contributed by atoms with Gasteiger partial charge in [-0.05, 0) is 31.5 Å². The van der Waals surface area contributed by atoms with Gasteiger partial charge in [-0.1, -0.05) is 29.4 Å². The van der Waals surface area contributed by atoms with Gasteiger partial charge < -0.3 is 9.72 Å². The quantitative estimate of drug-likeness (QED) is 0.287. The van der Waals surface area contributed by atoms with Crippen molar-refractivity contribution in [3.63, 3.8) is 0 Å². The number of carbonyl (C=O) groups excluding carboxylic acids is 1. The molecule has 3 aromatic rings. The highest BCUT2D eigenvalue weighted by molar-refractivity contribution is 7.99. The molecule has 0 bridgehead atoms. The first-order chi connectivity index (χ1) is 12.6. The van der Waals surface area contributed by atoms with Crippen molar-refractivity contribution in [3.05, 3.63) is 45.8 Å². The van der Waals surface area contributed by atoms with Crippen molar-refractivity contribution in [2.75, 3.05) is 12.4 Å². The highest BCUT2D eigenvalue weighted by Crippen LogP contribution is 2.20. The Morgan fingerprint density at radius 1 is 1.42 bits per heavy atom. The molecule has 136 valence electrons. The first-order valence-corrected chi connectivity index (χ1v) is 9.47. The molecule has 0 radical (unpaired) electrons. The van der Waals surface area contributed by atoms with Gasteiger partial charge in [-0.3, -0.25) is 9.59 Å². The summed E-state index contributed by atoms with van der Waals surface area (Å²) < 4.78 is 6.47. The third-order valence-corrected chi connectivity index (χ3v) is 4.73. The molecule has 3 rings (SSSR count). The van der Waals surface area contributed by atoms with Crippen LogP contribution in [0.3, 0.4) is 0 Å². The number of halogens is 1. The third-order valence-electron chi connectivity index (χ3n) is 3.54. The van der Waals surface area contributed by atoms with E-state index < -0.39 is 0 Å². The Kier molecular flexibility index (Phi) is 5.95. The van der Waals surface area contributed by atoms with Crippen molar-refractivity contribution in [2.24, 2.45) is 0 Å². The van der Waals surface area contributed by atoms with Gasteiger partial charge in [-0.15, -0.1) is 0 Å². The maximum Gasteiger partial charge on any atom is 0.305 e. The molecule has 0 fully saturated rings. The zero-order valence-electron chi connectivity index (χ0n) is 14.1. The molecule has 0 aliphatic carbocycles. The molecule has 9 heteroatoms. The van der Waals surface area contributed by atoms with Crippen LogP contribution in [0.2, 0.25) is 5.02 Å². The Hall–Kier alpha value is -2.32. The summed E-state index contributed by atoms with van der Waals surface area (Å²) in [7, 11) is 0. The number of ether oxygens (including phenoxy) is 1. The number of carbonyl (C=O) groups is 1. The van der Waals surface area contributed by atoms with Crippen LogP contribution in [0.5, 0.6) is 0 Å². The van der Waals surface area contributed by atoms with Crippen LogP contribution in [-0.2, 0) is 9.53 Å². The smallest absolute Gasteiger partial charge is 0.305 e. The van der Waals surface area contributed by atoms with E-state index in [1.807, 2.05) is 12.1 Å². The molecule has 1 aromatic carbocycles. The number of rotatable bonds is 7. The predicted octanol–water partition coefficient (Wildman–Crippen LogP) is 3.20. The molecule has 26 heavy (non-hydrogen) atoms. The normalized spacial score (nSPS) is 11.0. The van der Waals surface area contributed by atoms with Gasteiger partial charge in [0.05, 0.1) is 18.5 Å². The van der Waals surface area contributed by atoms with E-state index in [4.69, 9.17) is 16.3 Å². The minimum absolute atomic E-state index is 0.218. The van der Waals surface area contributed by atoms with Crippen LogP contribution >= 0.6 is 23.4 Å². The summed E-state index contributed by atoms with van der Waals surface area (Å²) in [5.41, 5.74) is 0.934. The van der Waals surface area contributed by atoms with Crippen LogP contribution in [-0.4, -0.2) is 38.1 Å². The molecule has 0 atom stereocenters. The summed E-state index contributed by atoms with van der Waals surface area (Å²) >= 11 is 7.41. The first kappa shape index (κ1) is 18.5. The molecule has 1 N–H and O–H groups in total. The fourth-order valence-electron chi connectivity index (χ4n) is 2.38. The van der Waals surface area contributed by atoms with Gasteiger partial charge in [0, 0.05) is 17.2 Å². The predicted molar refractivity (Wildman–Crippen MR) is 101 cm³/mol. The Labute approximate surface area is 158 Å². The molecule has 0 spiro atoms. The monoisotopic (exact) mass is 392 g/mol. The van der Waals surface area contributed by atoms with E-state index in [9.17, 15) is 9.59 Å². The molecular weight excluding hydrogens is 376 g/mol. The van der Waals surface area contributed by atoms with Crippen LogP contribution < -0.4 is 5.56 Å². The minimum Gasteiger partial charge on any atom is -0.466 e. The highest BCUT2D eigenvalue weighted by Gasteiger charge is 2.12. The number of hydrogen-bond acceptors (Lipinski definition) is 6. The van der Waals surface area contributed by atoms with Crippen LogP contribution in [0, 0.1) is 0 Å². The van der Waals surface area contributed by atoms with Crippen LogP contribution in [0.4, 0.5) is 0 Å². The van der Waals surface area contributed by atoms with Crippen LogP contribution in [0.25, 0.3) is 16.7 Å². The van der Waals surface area contributed by atoms with Crippen molar-refractivity contribution in [2.45, 2.75) is 24.9 Å². The van der Waals surface area contributed by atoms with E-state index in [2.05, 4.69) is 15.1 Å². The van der Waals surface area contributed by atoms with Crippen molar-refractivity contribution in [3.8, 4) is 5.69 Å². The summed E-state index contributed by atoms with van der Waals surface area (Å²) in [5, 5.41) is 5.71. The molecule has 0 aliphatic heterocycles. The van der Waals surface area contributed by atoms with Crippen molar-refractivity contribution < 1.29 is 9.53 Å². The molecule has 0 unspecified atom stereocenters. The first-order valence-electron chi connectivity index (χ1n) is 8.11. The van der Waals surface area contributed by atoms with Crippen molar-refractivity contribution >= 4 is 40.4 Å². The lowest BCUT2D eigenvalue weighted by atomic mass is 10.3. The zero-order chi connectivity index (χ0) is 18.5. The second-order valence-electron chi connectivity index (χ2n) is 5.40. The topological polar surface area (TPSA) is 89.9 Å². The molecule has 0 saturated heterocycles. The number of hydrogen-bond donors (Lipinski definition) is 1. The van der Waals surface area contributed by atoms with E-state index >= 15 is 0 Å². The van der Waals surface area contributed by atoms with Crippen molar-refractivity contribution in [1.29, 1.82) is 0 Å². The molecule has 0 aliphatic rings. The number of benzene rings is 1. The maximum absolute atomic E-state index is 12.3. The van der Waals surface area contributed by atoms with Gasteiger partial charge in [-0.25, -0.2) is 9.67 Å². The summed E-state index contributed by atoms with van der Waals surface area (Å²) in [6.45, 7) is 2.16. The number of nitrogens with one attached hydrogen (secondary N) is 1. The largest absolute Gasteiger partial charge is 0.466 e. The lowest BCUT2D eigenvalue weighted by Crippen LogP contribution is -2.10. The second-order valence-corrected chi connectivity index (χ2v) is 6.92. The van der Waals surface area contributed by atoms with E-state index in [1.165, 1.54) is 18.0 Å². The molecule has 0 amide bonds. The number of esters is 1. The summed E-state index contributed by atoms with van der Waals surface area (Å²) in [6, 6.07) is 7.17. The number of thioether (sulfide) groups is 1. The fourth-order valence-corrected chi connectivity index (χ4v) is 3.36. The minimum atomic E-state index is -0.254. The van der Waals surface area contributed by atoms with Gasteiger partial charge >= 0.3 is 5.97 Å². The van der Waals surface area contributed by atoms with E-state index in [-0.39, 0.29) is 11.5 Å². The van der Waals surface area contributed by atoms with Gasteiger partial charge in [0.15, 0.2) is 10.8 Å². The zero-order valence-corrected chi connectivity index (χ0v) is 15.6. The Bertz CT molecular complexity index is 986. The number of H-pyrrole nitrogens is 1.